The van der Waals surface area contributed by atoms with Gasteiger partial charge in [0.1, 0.15) is 0 Å². The van der Waals surface area contributed by atoms with E-state index in [2.05, 4.69) is 22.9 Å². The quantitative estimate of drug-likeness (QED) is 0.730. The molecule has 2 heterocycles. The topological polar surface area (TPSA) is 53.2 Å². The van der Waals surface area contributed by atoms with Gasteiger partial charge in [0.25, 0.3) is 0 Å². The predicted molar refractivity (Wildman–Crippen MR) is 92.1 cm³/mol. The Morgan fingerprint density at radius 1 is 1.00 bits per heavy atom. The molecule has 4 aliphatic rings. The molecule has 4 nitrogen and oxygen atoms in total. The van der Waals surface area contributed by atoms with E-state index in [1.807, 2.05) is 0 Å². The highest BCUT2D eigenvalue weighted by atomic mass is 16.2. The first-order valence-electron chi connectivity index (χ1n) is 9.98. The Morgan fingerprint density at radius 3 is 2.78 bits per heavy atom. The molecule has 2 saturated heterocycles. The maximum Gasteiger partial charge on any atom is 0.237 e. The van der Waals surface area contributed by atoms with E-state index in [-0.39, 0.29) is 11.9 Å². The zero-order chi connectivity index (χ0) is 15.8. The number of carbonyl (C=O) groups excluding carboxylic acids is 1. The van der Waals surface area contributed by atoms with Gasteiger partial charge in [-0.3, -0.25) is 4.79 Å². The molecule has 0 radical (unpaired) electrons. The molecule has 0 aromatic carbocycles. The average molecular weight is 319 g/mol. The number of amides is 1. The third-order valence-corrected chi connectivity index (χ3v) is 7.19. The molecule has 0 aromatic heterocycles. The van der Waals surface area contributed by atoms with Crippen LogP contribution in [0.25, 0.3) is 0 Å². The molecule has 4 rings (SSSR count). The maximum atomic E-state index is 12.7. The number of piperidine rings is 1. The number of fused-ring (bicyclic) bond motifs is 2. The zero-order valence-corrected chi connectivity index (χ0v) is 14.5. The van der Waals surface area contributed by atoms with E-state index in [0.717, 1.165) is 36.6 Å². The van der Waals surface area contributed by atoms with Gasteiger partial charge in [0.05, 0.1) is 6.04 Å². The molecule has 0 aromatic rings. The first kappa shape index (κ1) is 15.9. The van der Waals surface area contributed by atoms with Gasteiger partial charge >= 0.3 is 0 Å². The van der Waals surface area contributed by atoms with Crippen LogP contribution in [-0.4, -0.2) is 37.1 Å². The van der Waals surface area contributed by atoms with Crippen LogP contribution in [0.4, 0.5) is 0 Å². The molecular formula is C19H33N3O. The summed E-state index contributed by atoms with van der Waals surface area (Å²) >= 11 is 0. The molecule has 23 heavy (non-hydrogen) atoms. The van der Waals surface area contributed by atoms with Crippen LogP contribution in [-0.2, 0) is 4.79 Å². The summed E-state index contributed by atoms with van der Waals surface area (Å²) in [6.45, 7) is 4.70. The highest BCUT2D eigenvalue weighted by molar-refractivity contribution is 5.82. The van der Waals surface area contributed by atoms with Crippen molar-refractivity contribution in [1.82, 2.24) is 16.0 Å². The number of hydrogen-bond donors (Lipinski definition) is 3. The summed E-state index contributed by atoms with van der Waals surface area (Å²) in [6.07, 6.45) is 9.98. The Hall–Kier alpha value is -0.610. The normalized spacial score (nSPS) is 46.7. The Balaban J connectivity index is 1.30. The van der Waals surface area contributed by atoms with Gasteiger partial charge in [0.15, 0.2) is 0 Å². The first-order valence-corrected chi connectivity index (χ1v) is 9.98. The summed E-state index contributed by atoms with van der Waals surface area (Å²) in [7, 11) is 0. The van der Waals surface area contributed by atoms with Gasteiger partial charge in [-0.15, -0.1) is 0 Å². The van der Waals surface area contributed by atoms with Crippen molar-refractivity contribution < 1.29 is 4.79 Å². The van der Waals surface area contributed by atoms with E-state index < -0.39 is 0 Å². The fourth-order valence-electron chi connectivity index (χ4n) is 5.83. The summed E-state index contributed by atoms with van der Waals surface area (Å²) < 4.78 is 0. The van der Waals surface area contributed by atoms with Gasteiger partial charge in [0, 0.05) is 12.1 Å². The van der Waals surface area contributed by atoms with E-state index in [4.69, 9.17) is 0 Å². The van der Waals surface area contributed by atoms with Crippen LogP contribution in [0.5, 0.6) is 0 Å². The van der Waals surface area contributed by atoms with E-state index in [1.54, 1.807) is 0 Å². The fourth-order valence-corrected chi connectivity index (χ4v) is 5.83. The summed E-state index contributed by atoms with van der Waals surface area (Å²) in [5.41, 5.74) is 0. The number of rotatable bonds is 2. The Labute approximate surface area is 140 Å². The molecule has 1 amide bonds. The van der Waals surface area contributed by atoms with Crippen molar-refractivity contribution in [2.24, 2.45) is 23.7 Å². The standard InChI is InChI=1S/C19H33N3O/c1-12-3-2-4-14-10-17(22-18(12)14)19(23)21-16-6-5-15-11-20-8-7-13(15)9-16/h12-18,20,22H,2-11H2,1H3,(H,21,23). The number of nitrogens with one attached hydrogen (secondary N) is 3. The molecule has 4 heteroatoms. The minimum atomic E-state index is 0.0660. The highest BCUT2D eigenvalue weighted by Gasteiger charge is 2.42. The Kier molecular flexibility index (Phi) is 4.64. The second kappa shape index (κ2) is 6.72. The minimum absolute atomic E-state index is 0.0660. The monoisotopic (exact) mass is 319 g/mol. The average Bonchev–Trinajstić information content (AvgIpc) is 3.01. The lowest BCUT2D eigenvalue weighted by atomic mass is 9.73. The summed E-state index contributed by atoms with van der Waals surface area (Å²) in [6, 6.07) is 1.07. The lowest BCUT2D eigenvalue weighted by molar-refractivity contribution is -0.124. The lowest BCUT2D eigenvalue weighted by Crippen LogP contribution is -2.51. The van der Waals surface area contributed by atoms with Crippen molar-refractivity contribution in [2.45, 2.75) is 76.4 Å². The summed E-state index contributed by atoms with van der Waals surface area (Å²) in [5.74, 6) is 3.43. The molecular weight excluding hydrogens is 286 g/mol. The smallest absolute Gasteiger partial charge is 0.237 e. The molecule has 2 saturated carbocycles. The summed E-state index contributed by atoms with van der Waals surface area (Å²) in [4.78, 5) is 12.7. The van der Waals surface area contributed by atoms with Crippen molar-refractivity contribution in [3.8, 4) is 0 Å². The molecule has 0 bridgehead atoms. The van der Waals surface area contributed by atoms with E-state index in [1.165, 1.54) is 51.5 Å². The van der Waals surface area contributed by atoms with Gasteiger partial charge in [0.2, 0.25) is 5.91 Å². The predicted octanol–water partition coefficient (Wildman–Crippen LogP) is 2.05. The number of carbonyl (C=O) groups is 1. The third kappa shape index (κ3) is 3.30. The minimum Gasteiger partial charge on any atom is -0.352 e. The van der Waals surface area contributed by atoms with Gasteiger partial charge in [-0.1, -0.05) is 13.3 Å². The van der Waals surface area contributed by atoms with Crippen molar-refractivity contribution in [1.29, 1.82) is 0 Å². The second-order valence-corrected chi connectivity index (χ2v) is 8.68. The van der Waals surface area contributed by atoms with Crippen LogP contribution in [0.1, 0.15) is 58.3 Å². The van der Waals surface area contributed by atoms with E-state index >= 15 is 0 Å². The van der Waals surface area contributed by atoms with Crippen molar-refractivity contribution in [3.05, 3.63) is 0 Å². The van der Waals surface area contributed by atoms with Crippen LogP contribution in [0.2, 0.25) is 0 Å². The molecule has 7 atom stereocenters. The van der Waals surface area contributed by atoms with Gasteiger partial charge in [-0.2, -0.15) is 0 Å². The Morgan fingerprint density at radius 2 is 1.91 bits per heavy atom. The Bertz CT molecular complexity index is 440. The first-order chi connectivity index (χ1) is 11.2. The molecule has 2 aliphatic heterocycles. The number of hydrogen-bond acceptors (Lipinski definition) is 3. The van der Waals surface area contributed by atoms with Crippen molar-refractivity contribution >= 4 is 5.91 Å². The van der Waals surface area contributed by atoms with E-state index in [0.29, 0.717) is 12.1 Å². The van der Waals surface area contributed by atoms with Crippen molar-refractivity contribution in [3.63, 3.8) is 0 Å². The largest absolute Gasteiger partial charge is 0.352 e. The summed E-state index contributed by atoms with van der Waals surface area (Å²) in [5, 5.41) is 10.6. The van der Waals surface area contributed by atoms with Gasteiger partial charge < -0.3 is 16.0 Å². The van der Waals surface area contributed by atoms with Crippen molar-refractivity contribution in [2.75, 3.05) is 13.1 Å². The lowest BCUT2D eigenvalue weighted by Gasteiger charge is -2.40. The van der Waals surface area contributed by atoms with Crippen LogP contribution >= 0.6 is 0 Å². The molecule has 0 spiro atoms. The molecule has 3 N–H and O–H groups in total. The zero-order valence-electron chi connectivity index (χ0n) is 14.5. The highest BCUT2D eigenvalue weighted by Crippen LogP contribution is 2.37. The third-order valence-electron chi connectivity index (χ3n) is 7.19. The van der Waals surface area contributed by atoms with Crippen LogP contribution in [0.15, 0.2) is 0 Å². The second-order valence-electron chi connectivity index (χ2n) is 8.68. The molecule has 4 fully saturated rings. The van der Waals surface area contributed by atoms with Crippen LogP contribution in [0, 0.1) is 23.7 Å². The molecule has 130 valence electrons. The van der Waals surface area contributed by atoms with Gasteiger partial charge in [-0.05, 0) is 81.7 Å². The van der Waals surface area contributed by atoms with Crippen LogP contribution < -0.4 is 16.0 Å². The molecule has 7 unspecified atom stereocenters. The molecule has 2 aliphatic carbocycles. The SMILES string of the molecule is CC1CCCC2CC(C(=O)NC3CCC4CNCCC4C3)NC12. The maximum absolute atomic E-state index is 12.7. The van der Waals surface area contributed by atoms with Crippen LogP contribution in [0.3, 0.4) is 0 Å². The van der Waals surface area contributed by atoms with E-state index in [9.17, 15) is 4.79 Å². The fraction of sp³-hybridized carbons (Fsp3) is 0.947. The van der Waals surface area contributed by atoms with Gasteiger partial charge in [-0.25, -0.2) is 0 Å².